The Labute approximate surface area is 79.7 Å². The van der Waals surface area contributed by atoms with Crippen LogP contribution in [0, 0.1) is 0 Å². The van der Waals surface area contributed by atoms with Crippen LogP contribution < -0.4 is 29.6 Å². The molecular weight excluding hydrogens is 209 g/mol. The normalized spacial score (nSPS) is 0. The fourth-order valence-electron chi connectivity index (χ4n) is 0. The third kappa shape index (κ3) is 8.82. The Morgan fingerprint density at radius 3 is 0.750 bits per heavy atom. The summed E-state index contributed by atoms with van der Waals surface area (Å²) in [7, 11) is 0. The van der Waals surface area contributed by atoms with Gasteiger partial charge in [0.25, 0.3) is 0 Å². The summed E-state index contributed by atoms with van der Waals surface area (Å²) in [4.78, 5) is 0. The van der Waals surface area contributed by atoms with E-state index in [1.54, 1.807) is 0 Å². The Hall–Kier alpha value is 2.52. The molecule has 4 heavy (non-hydrogen) atoms. The average Bonchev–Trinajstić information content (AvgIpc) is 0. The monoisotopic (exact) mass is 208 g/mol. The van der Waals surface area contributed by atoms with Gasteiger partial charge in [0.05, 0.1) is 0 Å². The predicted octanol–water partition coefficient (Wildman–Crippen LogP) is -3.38. The quantitative estimate of drug-likeness (QED) is 0.365. The summed E-state index contributed by atoms with van der Waals surface area (Å²) < 4.78 is 0. The fourth-order valence-corrected chi connectivity index (χ4v) is 0. The Bertz CT molecular complexity index is 6.00. The molecule has 0 amide bonds. The molecule has 0 nitrogen and oxygen atoms in total. The van der Waals surface area contributed by atoms with Crippen LogP contribution in [0.15, 0.2) is 0 Å². The molecule has 0 spiro atoms. The smallest absolute Gasteiger partial charge is 2.00 e. The van der Waals surface area contributed by atoms with Crippen molar-refractivity contribution < 1.29 is 29.6 Å². The van der Waals surface area contributed by atoms with Crippen molar-refractivity contribution >= 4 is 51.4 Å². The average molecular weight is 209 g/mol. The summed E-state index contributed by atoms with van der Waals surface area (Å²) in [6.07, 6.45) is 0. The van der Waals surface area contributed by atoms with Crippen LogP contribution in [0.4, 0.5) is 0 Å². The predicted molar refractivity (Wildman–Crippen MR) is 20.5 cm³/mol. The van der Waals surface area contributed by atoms with Gasteiger partial charge in [0.2, 0.25) is 0 Å². The minimum atomic E-state index is 0. The van der Waals surface area contributed by atoms with Crippen LogP contribution in [0.1, 0.15) is 0 Å². The first-order valence-electron chi connectivity index (χ1n) is 0. The summed E-state index contributed by atoms with van der Waals surface area (Å²) in [6.45, 7) is 0. The summed E-state index contributed by atoms with van der Waals surface area (Å²) in [5.41, 5.74) is 0. The van der Waals surface area contributed by atoms with Crippen LogP contribution in [0.25, 0.3) is 0 Å². The molecule has 0 atom stereocenters. The van der Waals surface area contributed by atoms with Crippen molar-refractivity contribution in [1.29, 1.82) is 0 Å². The second-order valence-corrected chi connectivity index (χ2v) is 0. The maximum Gasteiger partial charge on any atom is 3.00 e. The summed E-state index contributed by atoms with van der Waals surface area (Å²) in [5, 5.41) is 0. The molecule has 0 heterocycles. The van der Waals surface area contributed by atoms with Gasteiger partial charge in [-0.25, -0.2) is 0 Å². The van der Waals surface area contributed by atoms with E-state index in [2.05, 4.69) is 0 Å². The molecule has 0 aliphatic rings. The van der Waals surface area contributed by atoms with Crippen LogP contribution in [0.5, 0.6) is 0 Å². The summed E-state index contributed by atoms with van der Waals surface area (Å²) in [5.74, 6) is 0. The van der Waals surface area contributed by atoms with Gasteiger partial charge < -0.3 is 27.0 Å². The third-order valence-electron chi connectivity index (χ3n) is 0. The van der Waals surface area contributed by atoms with Crippen molar-refractivity contribution in [2.45, 2.75) is 0 Å². The van der Waals surface area contributed by atoms with Crippen molar-refractivity contribution in [3.8, 4) is 0 Å². The molecule has 0 bridgehead atoms. The maximum absolute atomic E-state index is 0. The van der Waals surface area contributed by atoms with E-state index in [9.17, 15) is 0 Å². The molecule has 0 saturated carbocycles. The zero-order chi connectivity index (χ0) is 0. The van der Waals surface area contributed by atoms with E-state index in [1.807, 2.05) is 0 Å². The molecule has 0 fully saturated rings. The van der Waals surface area contributed by atoms with Gasteiger partial charge in [-0.05, 0) is 0 Å². The topological polar surface area (TPSA) is 0 Å². The van der Waals surface area contributed by atoms with E-state index in [0.717, 1.165) is 0 Å². The first kappa shape index (κ1) is 31.3. The van der Waals surface area contributed by atoms with Gasteiger partial charge in [0, 0.05) is 0 Å². The largest absolute Gasteiger partial charge is 3.00 e. The van der Waals surface area contributed by atoms with Gasteiger partial charge >= 0.3 is 54.0 Å². The van der Waals surface area contributed by atoms with Crippen LogP contribution in [0.3, 0.4) is 0 Å². The van der Waals surface area contributed by atoms with Crippen molar-refractivity contribution in [3.05, 3.63) is 0 Å². The standard InChI is InChI=1S/Na.2S.Sb/q+1;2*-2;+3. The molecule has 0 aliphatic carbocycles. The van der Waals surface area contributed by atoms with E-state index < -0.39 is 0 Å². The summed E-state index contributed by atoms with van der Waals surface area (Å²) in [6, 6.07) is 0. The molecule has 0 aromatic heterocycles. The minimum absolute atomic E-state index is 0. The molecule has 4 heteroatoms. The molecule has 2 radical (unpaired) electrons. The van der Waals surface area contributed by atoms with Crippen molar-refractivity contribution in [3.63, 3.8) is 0 Å². The molecule has 0 aromatic carbocycles. The van der Waals surface area contributed by atoms with E-state index in [4.69, 9.17) is 0 Å². The van der Waals surface area contributed by atoms with E-state index in [1.165, 1.54) is 0 Å². The van der Waals surface area contributed by atoms with Crippen LogP contribution in [-0.2, 0) is 27.0 Å². The molecule has 0 unspecified atom stereocenters. The first-order chi connectivity index (χ1) is 0. The zero-order valence-corrected chi connectivity index (χ0v) is 8.45. The Morgan fingerprint density at radius 2 is 0.750 bits per heavy atom. The SMILES string of the molecule is [Na+].[S-2].[S-2].[Sb+3]. The molecule has 0 saturated heterocycles. The van der Waals surface area contributed by atoms with Gasteiger partial charge in [-0.3, -0.25) is 0 Å². The van der Waals surface area contributed by atoms with E-state index in [0.29, 0.717) is 0 Å². The van der Waals surface area contributed by atoms with Crippen LogP contribution in [0.2, 0.25) is 0 Å². The second kappa shape index (κ2) is 17.8. The number of hydrogen-bond acceptors (Lipinski definition) is 0. The van der Waals surface area contributed by atoms with Crippen LogP contribution in [-0.4, -0.2) is 24.4 Å². The van der Waals surface area contributed by atoms with Gasteiger partial charge in [-0.1, -0.05) is 0 Å². The number of hydrogen-bond donors (Lipinski definition) is 0. The maximum atomic E-state index is 0. The zero-order valence-electron chi connectivity index (χ0n) is 2.26. The van der Waals surface area contributed by atoms with Gasteiger partial charge in [0.1, 0.15) is 0 Å². The first-order valence-corrected chi connectivity index (χ1v) is 0. The van der Waals surface area contributed by atoms with Crippen molar-refractivity contribution in [1.82, 2.24) is 0 Å². The molecule has 0 rings (SSSR count). The number of rotatable bonds is 0. The van der Waals surface area contributed by atoms with Crippen molar-refractivity contribution in [2.24, 2.45) is 0 Å². The Morgan fingerprint density at radius 1 is 0.750 bits per heavy atom. The second-order valence-electron chi connectivity index (χ2n) is 0. The molecular formula is NaS2Sb. The fraction of sp³-hybridized carbons (Fsp3) is 0. The van der Waals surface area contributed by atoms with Crippen molar-refractivity contribution in [2.75, 3.05) is 0 Å². The third-order valence-corrected chi connectivity index (χ3v) is 0. The molecule has 0 N–H and O–H groups in total. The van der Waals surface area contributed by atoms with E-state index >= 15 is 0 Å². The molecule has 0 aromatic rings. The van der Waals surface area contributed by atoms with E-state index in [-0.39, 0.29) is 81.0 Å². The van der Waals surface area contributed by atoms with Gasteiger partial charge in [-0.15, -0.1) is 0 Å². The van der Waals surface area contributed by atoms with Gasteiger partial charge in [-0.2, -0.15) is 0 Å². The van der Waals surface area contributed by atoms with Crippen LogP contribution >= 0.6 is 0 Å². The van der Waals surface area contributed by atoms with Gasteiger partial charge in [0.15, 0.2) is 0 Å². The summed E-state index contributed by atoms with van der Waals surface area (Å²) >= 11 is 0. The Kier molecular flexibility index (Phi) is 139. The Balaban J connectivity index is 0. The molecule has 0 aliphatic heterocycles. The minimum Gasteiger partial charge on any atom is -2.00 e. The molecule has 18 valence electrons.